The van der Waals surface area contributed by atoms with Gasteiger partial charge in [0.05, 0.1) is 5.69 Å². The van der Waals surface area contributed by atoms with Crippen LogP contribution >= 0.6 is 0 Å². The van der Waals surface area contributed by atoms with E-state index in [1.807, 2.05) is 48.5 Å². The lowest BCUT2D eigenvalue weighted by Crippen LogP contribution is -2.00. The molecule has 22 heavy (non-hydrogen) atoms. The quantitative estimate of drug-likeness (QED) is 0.779. The molecule has 0 atom stereocenters. The van der Waals surface area contributed by atoms with Crippen molar-refractivity contribution in [2.75, 3.05) is 0 Å². The van der Waals surface area contributed by atoms with E-state index in [0.717, 1.165) is 11.4 Å². The van der Waals surface area contributed by atoms with E-state index in [-0.39, 0.29) is 0 Å². The zero-order valence-electron chi connectivity index (χ0n) is 11.8. The van der Waals surface area contributed by atoms with Gasteiger partial charge in [0.25, 0.3) is 0 Å². The Balaban J connectivity index is 1.76. The summed E-state index contributed by atoms with van der Waals surface area (Å²) >= 11 is 0. The Kier molecular flexibility index (Phi) is 4.27. The summed E-state index contributed by atoms with van der Waals surface area (Å²) in [5.41, 5.74) is 6.28. The van der Waals surface area contributed by atoms with Gasteiger partial charge in [-0.15, -0.1) is 0 Å². The van der Waals surface area contributed by atoms with Gasteiger partial charge in [-0.2, -0.15) is 0 Å². The highest BCUT2D eigenvalue weighted by Gasteiger charge is 2.03. The van der Waals surface area contributed by atoms with Crippen molar-refractivity contribution >= 4 is 0 Å². The first-order chi connectivity index (χ1) is 10.8. The molecule has 0 saturated carbocycles. The van der Waals surface area contributed by atoms with Gasteiger partial charge in [-0.1, -0.05) is 24.3 Å². The van der Waals surface area contributed by atoms with Crippen molar-refractivity contribution in [3.63, 3.8) is 0 Å². The Labute approximate surface area is 128 Å². The minimum absolute atomic E-state index is 0.343. The molecule has 0 fully saturated rings. The minimum atomic E-state index is 0.343. The number of aromatic nitrogens is 2. The summed E-state index contributed by atoms with van der Waals surface area (Å²) in [5, 5.41) is 0. The number of nitrogens with zero attached hydrogens (tertiary/aromatic N) is 2. The van der Waals surface area contributed by atoms with Crippen LogP contribution in [0.5, 0.6) is 23.1 Å². The summed E-state index contributed by atoms with van der Waals surface area (Å²) in [6.07, 6.45) is 1.43. The summed E-state index contributed by atoms with van der Waals surface area (Å²) in [6, 6.07) is 18.6. The van der Waals surface area contributed by atoms with Gasteiger partial charge in [0.2, 0.25) is 5.88 Å². The van der Waals surface area contributed by atoms with Crippen LogP contribution in [0, 0.1) is 0 Å². The summed E-state index contributed by atoms with van der Waals surface area (Å²) in [7, 11) is 0. The van der Waals surface area contributed by atoms with Crippen LogP contribution < -0.4 is 15.2 Å². The van der Waals surface area contributed by atoms with Crippen molar-refractivity contribution in [1.82, 2.24) is 9.97 Å². The number of para-hydroxylation sites is 1. The molecule has 0 aliphatic rings. The molecule has 0 amide bonds. The van der Waals surface area contributed by atoms with E-state index in [0.29, 0.717) is 23.9 Å². The average molecular weight is 293 g/mol. The van der Waals surface area contributed by atoms with Crippen LogP contribution in [0.15, 0.2) is 67.0 Å². The van der Waals surface area contributed by atoms with E-state index in [4.69, 9.17) is 15.2 Å². The lowest BCUT2D eigenvalue weighted by atomic mass is 10.3. The van der Waals surface area contributed by atoms with Gasteiger partial charge >= 0.3 is 0 Å². The summed E-state index contributed by atoms with van der Waals surface area (Å²) < 4.78 is 11.5. The van der Waals surface area contributed by atoms with E-state index < -0.39 is 0 Å². The SMILES string of the molecule is NCc1cc(Oc2cccc(Oc3ccccc3)c2)ncn1. The number of hydrogen-bond acceptors (Lipinski definition) is 5. The van der Waals surface area contributed by atoms with Gasteiger partial charge in [-0.05, 0) is 24.3 Å². The maximum absolute atomic E-state index is 5.77. The largest absolute Gasteiger partial charge is 0.457 e. The zero-order valence-corrected chi connectivity index (χ0v) is 11.8. The monoisotopic (exact) mass is 293 g/mol. The molecular formula is C17H15N3O2. The summed E-state index contributed by atoms with van der Waals surface area (Å²) in [5.74, 6) is 2.55. The Hall–Kier alpha value is -2.92. The predicted octanol–water partition coefficient (Wildman–Crippen LogP) is 3.52. The molecule has 0 spiro atoms. The molecule has 3 aromatic rings. The second-order valence-corrected chi connectivity index (χ2v) is 4.54. The Bertz CT molecular complexity index is 748. The molecule has 5 heteroatoms. The van der Waals surface area contributed by atoms with Crippen molar-refractivity contribution in [2.24, 2.45) is 5.73 Å². The molecule has 0 radical (unpaired) electrons. The normalized spacial score (nSPS) is 10.2. The van der Waals surface area contributed by atoms with Gasteiger partial charge in [0.15, 0.2) is 0 Å². The Morgan fingerprint density at radius 1 is 0.773 bits per heavy atom. The third kappa shape index (κ3) is 3.59. The van der Waals surface area contributed by atoms with Gasteiger partial charge in [0.1, 0.15) is 23.6 Å². The molecule has 3 rings (SSSR count). The van der Waals surface area contributed by atoms with Crippen molar-refractivity contribution in [3.8, 4) is 23.1 Å². The molecule has 0 aliphatic carbocycles. The average Bonchev–Trinajstić information content (AvgIpc) is 2.56. The third-order valence-electron chi connectivity index (χ3n) is 2.91. The Morgan fingerprint density at radius 3 is 2.27 bits per heavy atom. The number of rotatable bonds is 5. The fourth-order valence-electron chi connectivity index (χ4n) is 1.89. The van der Waals surface area contributed by atoms with E-state index in [1.54, 1.807) is 12.1 Å². The fourth-order valence-corrected chi connectivity index (χ4v) is 1.89. The van der Waals surface area contributed by atoms with Gasteiger partial charge < -0.3 is 15.2 Å². The highest BCUT2D eigenvalue weighted by atomic mass is 16.5. The van der Waals surface area contributed by atoms with Crippen LogP contribution in [0.2, 0.25) is 0 Å². The maximum atomic E-state index is 5.77. The number of hydrogen-bond donors (Lipinski definition) is 1. The topological polar surface area (TPSA) is 70.3 Å². The first kappa shape index (κ1) is 14.0. The predicted molar refractivity (Wildman–Crippen MR) is 83.0 cm³/mol. The molecule has 0 unspecified atom stereocenters. The van der Waals surface area contributed by atoms with E-state index in [2.05, 4.69) is 9.97 Å². The molecule has 1 aromatic heterocycles. The smallest absolute Gasteiger partial charge is 0.222 e. The maximum Gasteiger partial charge on any atom is 0.222 e. The van der Waals surface area contributed by atoms with Gasteiger partial charge in [-0.25, -0.2) is 9.97 Å². The molecule has 1 heterocycles. The molecule has 2 aromatic carbocycles. The summed E-state index contributed by atoms with van der Waals surface area (Å²) in [6.45, 7) is 0.343. The lowest BCUT2D eigenvalue weighted by Gasteiger charge is -2.08. The fraction of sp³-hybridized carbons (Fsp3) is 0.0588. The molecule has 5 nitrogen and oxygen atoms in total. The van der Waals surface area contributed by atoms with Crippen LogP contribution in [0.25, 0.3) is 0 Å². The van der Waals surface area contributed by atoms with Crippen LogP contribution in [0.3, 0.4) is 0 Å². The van der Waals surface area contributed by atoms with E-state index >= 15 is 0 Å². The summed E-state index contributed by atoms with van der Waals surface area (Å²) in [4.78, 5) is 8.10. The second kappa shape index (κ2) is 6.69. The van der Waals surface area contributed by atoms with Crippen molar-refractivity contribution in [3.05, 3.63) is 72.7 Å². The highest BCUT2D eigenvalue weighted by Crippen LogP contribution is 2.27. The number of benzene rings is 2. The second-order valence-electron chi connectivity index (χ2n) is 4.54. The van der Waals surface area contributed by atoms with Crippen molar-refractivity contribution in [2.45, 2.75) is 6.54 Å². The molecule has 2 N–H and O–H groups in total. The van der Waals surface area contributed by atoms with Crippen LogP contribution in [-0.4, -0.2) is 9.97 Å². The van der Waals surface area contributed by atoms with E-state index in [9.17, 15) is 0 Å². The number of ether oxygens (including phenoxy) is 2. The van der Waals surface area contributed by atoms with Crippen molar-refractivity contribution in [1.29, 1.82) is 0 Å². The van der Waals surface area contributed by atoms with Crippen LogP contribution in [0.4, 0.5) is 0 Å². The first-order valence-electron chi connectivity index (χ1n) is 6.85. The van der Waals surface area contributed by atoms with Crippen molar-refractivity contribution < 1.29 is 9.47 Å². The first-order valence-corrected chi connectivity index (χ1v) is 6.85. The molecule has 110 valence electrons. The number of nitrogens with two attached hydrogens (primary N) is 1. The Morgan fingerprint density at radius 2 is 1.50 bits per heavy atom. The zero-order chi connectivity index (χ0) is 15.2. The minimum Gasteiger partial charge on any atom is -0.457 e. The molecule has 0 bridgehead atoms. The standard InChI is InChI=1S/C17H15N3O2/c18-11-13-9-17(20-12-19-13)22-16-8-4-7-15(10-16)21-14-5-2-1-3-6-14/h1-10,12H,11,18H2. The molecular weight excluding hydrogens is 278 g/mol. The van der Waals surface area contributed by atoms with Gasteiger partial charge in [0, 0.05) is 18.7 Å². The van der Waals surface area contributed by atoms with E-state index in [1.165, 1.54) is 6.33 Å². The molecule has 0 saturated heterocycles. The van der Waals surface area contributed by atoms with Crippen LogP contribution in [0.1, 0.15) is 5.69 Å². The lowest BCUT2D eigenvalue weighted by molar-refractivity contribution is 0.447. The third-order valence-corrected chi connectivity index (χ3v) is 2.91. The van der Waals surface area contributed by atoms with Crippen LogP contribution in [-0.2, 0) is 6.54 Å². The highest BCUT2D eigenvalue weighted by molar-refractivity contribution is 5.38. The molecule has 0 aliphatic heterocycles. The van der Waals surface area contributed by atoms with Gasteiger partial charge in [-0.3, -0.25) is 0 Å².